The van der Waals surface area contributed by atoms with E-state index in [9.17, 15) is 0 Å². The summed E-state index contributed by atoms with van der Waals surface area (Å²) in [4.78, 5) is 14.1. The van der Waals surface area contributed by atoms with Gasteiger partial charge in [-0.1, -0.05) is 0 Å². The summed E-state index contributed by atoms with van der Waals surface area (Å²) in [7, 11) is 0. The first-order valence-corrected chi connectivity index (χ1v) is 8.76. The number of ether oxygens (including phenoxy) is 2. The third kappa shape index (κ3) is 3.35. The zero-order valence-corrected chi connectivity index (χ0v) is 14.5. The minimum absolute atomic E-state index is 0.738. The van der Waals surface area contributed by atoms with E-state index >= 15 is 0 Å². The molecular formula is C15H20BrN5O2. The number of fused-ring (bicyclic) bond motifs is 1. The molecule has 124 valence electrons. The molecule has 4 rings (SSSR count). The minimum atomic E-state index is 0.738. The minimum Gasteiger partial charge on any atom is -0.379 e. The lowest BCUT2D eigenvalue weighted by Gasteiger charge is -2.28. The van der Waals surface area contributed by atoms with E-state index in [1.807, 2.05) is 6.20 Å². The first-order chi connectivity index (χ1) is 11.3. The van der Waals surface area contributed by atoms with Gasteiger partial charge in [0.1, 0.15) is 4.60 Å². The van der Waals surface area contributed by atoms with Crippen LogP contribution in [0, 0.1) is 0 Å². The van der Waals surface area contributed by atoms with Gasteiger partial charge < -0.3 is 18.8 Å². The molecule has 0 amide bonds. The van der Waals surface area contributed by atoms with Crippen LogP contribution in [-0.2, 0) is 16.0 Å². The Balaban J connectivity index is 1.63. The highest BCUT2D eigenvalue weighted by Crippen LogP contribution is 2.23. The van der Waals surface area contributed by atoms with Gasteiger partial charge in [0.15, 0.2) is 11.5 Å². The number of morpholine rings is 2. The summed E-state index contributed by atoms with van der Waals surface area (Å²) in [6.07, 6.45) is 4.07. The molecule has 2 aliphatic rings. The lowest BCUT2D eigenvalue weighted by Crippen LogP contribution is -2.37. The fourth-order valence-electron chi connectivity index (χ4n) is 3.05. The molecule has 0 unspecified atom stereocenters. The molecule has 0 N–H and O–H groups in total. The van der Waals surface area contributed by atoms with Gasteiger partial charge in [-0.2, -0.15) is 0 Å². The van der Waals surface area contributed by atoms with Crippen LogP contribution >= 0.6 is 15.9 Å². The molecule has 0 saturated carbocycles. The second kappa shape index (κ2) is 6.72. The van der Waals surface area contributed by atoms with Crippen molar-refractivity contribution in [2.75, 3.05) is 57.5 Å². The van der Waals surface area contributed by atoms with Crippen molar-refractivity contribution < 1.29 is 9.47 Å². The van der Waals surface area contributed by atoms with Gasteiger partial charge in [0, 0.05) is 45.1 Å². The highest BCUT2D eigenvalue weighted by atomic mass is 79.9. The van der Waals surface area contributed by atoms with E-state index in [0.717, 1.165) is 80.9 Å². The second-order valence-corrected chi connectivity index (χ2v) is 6.65. The van der Waals surface area contributed by atoms with Crippen LogP contribution in [0.15, 0.2) is 17.0 Å². The molecule has 0 bridgehead atoms. The number of rotatable bonds is 3. The summed E-state index contributed by atoms with van der Waals surface area (Å²) in [6.45, 7) is 7.57. The molecule has 0 atom stereocenters. The maximum Gasteiger partial charge on any atom is 0.180 e. The van der Waals surface area contributed by atoms with Gasteiger partial charge in [-0.05, 0) is 15.9 Å². The van der Waals surface area contributed by atoms with Crippen LogP contribution in [0.5, 0.6) is 0 Å². The van der Waals surface area contributed by atoms with Crippen LogP contribution in [0.2, 0.25) is 0 Å². The third-order valence-corrected chi connectivity index (χ3v) is 4.62. The van der Waals surface area contributed by atoms with E-state index in [-0.39, 0.29) is 0 Å². The molecule has 2 saturated heterocycles. The Morgan fingerprint density at radius 3 is 2.39 bits per heavy atom. The van der Waals surface area contributed by atoms with E-state index in [1.165, 1.54) is 0 Å². The van der Waals surface area contributed by atoms with Crippen molar-refractivity contribution in [1.82, 2.24) is 19.3 Å². The van der Waals surface area contributed by atoms with Crippen LogP contribution in [0.25, 0.3) is 5.65 Å². The third-order valence-electron chi connectivity index (χ3n) is 4.24. The average molecular weight is 382 g/mol. The Kier molecular flexibility index (Phi) is 4.48. The van der Waals surface area contributed by atoms with Gasteiger partial charge in [-0.3, -0.25) is 4.90 Å². The van der Waals surface area contributed by atoms with Crippen molar-refractivity contribution in [2.24, 2.45) is 0 Å². The van der Waals surface area contributed by atoms with E-state index in [4.69, 9.17) is 14.5 Å². The quantitative estimate of drug-likeness (QED) is 0.794. The Morgan fingerprint density at radius 2 is 1.65 bits per heavy atom. The maximum absolute atomic E-state index is 5.44. The van der Waals surface area contributed by atoms with Crippen molar-refractivity contribution in [1.29, 1.82) is 0 Å². The van der Waals surface area contributed by atoms with E-state index in [0.29, 0.717) is 0 Å². The molecule has 7 nitrogen and oxygen atoms in total. The number of aromatic nitrogens is 3. The number of hydrogen-bond acceptors (Lipinski definition) is 6. The van der Waals surface area contributed by atoms with Crippen molar-refractivity contribution in [3.05, 3.63) is 22.7 Å². The van der Waals surface area contributed by atoms with Crippen molar-refractivity contribution in [3.63, 3.8) is 0 Å². The summed E-state index contributed by atoms with van der Waals surface area (Å²) in [5.74, 6) is 0.927. The fourth-order valence-corrected chi connectivity index (χ4v) is 3.44. The van der Waals surface area contributed by atoms with Crippen LogP contribution in [0.1, 0.15) is 5.69 Å². The first-order valence-electron chi connectivity index (χ1n) is 7.96. The zero-order chi connectivity index (χ0) is 15.6. The molecule has 2 aliphatic heterocycles. The number of anilines is 1. The topological polar surface area (TPSA) is 55.1 Å². The molecule has 2 aromatic heterocycles. The predicted molar refractivity (Wildman–Crippen MR) is 89.8 cm³/mol. The molecule has 0 spiro atoms. The fraction of sp³-hybridized carbons (Fsp3) is 0.600. The van der Waals surface area contributed by atoms with Gasteiger partial charge in [0.2, 0.25) is 0 Å². The smallest absolute Gasteiger partial charge is 0.180 e. The Hall–Kier alpha value is -1.22. The van der Waals surface area contributed by atoms with Crippen LogP contribution in [0.3, 0.4) is 0 Å². The summed E-state index contributed by atoms with van der Waals surface area (Å²) in [6, 6.07) is 0. The van der Waals surface area contributed by atoms with Gasteiger partial charge >= 0.3 is 0 Å². The van der Waals surface area contributed by atoms with Gasteiger partial charge in [0.05, 0.1) is 32.1 Å². The molecule has 4 heterocycles. The SMILES string of the molecule is Brc1cn2cc(CN3CCOCC3)nc2c(N2CCOCC2)n1. The highest BCUT2D eigenvalue weighted by molar-refractivity contribution is 9.10. The number of imidazole rings is 1. The summed E-state index contributed by atoms with van der Waals surface area (Å²) >= 11 is 3.51. The van der Waals surface area contributed by atoms with Gasteiger partial charge in [-0.25, -0.2) is 9.97 Å². The van der Waals surface area contributed by atoms with Crippen LogP contribution in [0.4, 0.5) is 5.82 Å². The molecular weight excluding hydrogens is 362 g/mol. The van der Waals surface area contributed by atoms with Crippen LogP contribution < -0.4 is 4.90 Å². The standard InChI is InChI=1S/C15H20BrN5O2/c16-13-11-21-10-12(9-19-1-5-22-6-2-19)17-14(21)15(18-13)20-3-7-23-8-4-20/h10-11H,1-9H2. The number of nitrogens with zero attached hydrogens (tertiary/aromatic N) is 5. The largest absolute Gasteiger partial charge is 0.379 e. The normalized spacial score (nSPS) is 20.3. The lowest BCUT2D eigenvalue weighted by molar-refractivity contribution is 0.0337. The van der Waals surface area contributed by atoms with E-state index in [1.54, 1.807) is 0 Å². The molecule has 23 heavy (non-hydrogen) atoms. The van der Waals surface area contributed by atoms with Crippen molar-refractivity contribution in [2.45, 2.75) is 6.54 Å². The molecule has 2 fully saturated rings. The molecule has 0 aliphatic carbocycles. The Morgan fingerprint density at radius 1 is 0.957 bits per heavy atom. The second-order valence-electron chi connectivity index (χ2n) is 5.84. The summed E-state index contributed by atoms with van der Waals surface area (Å²) < 4.78 is 13.7. The zero-order valence-electron chi connectivity index (χ0n) is 12.9. The van der Waals surface area contributed by atoms with Gasteiger partial charge in [-0.15, -0.1) is 0 Å². The first kappa shape index (κ1) is 15.3. The molecule has 2 aromatic rings. The monoisotopic (exact) mass is 381 g/mol. The Bertz CT molecular complexity index is 680. The van der Waals surface area contributed by atoms with E-state index in [2.05, 4.69) is 41.3 Å². The number of halogens is 1. The van der Waals surface area contributed by atoms with Gasteiger partial charge in [0.25, 0.3) is 0 Å². The lowest BCUT2D eigenvalue weighted by atomic mass is 10.3. The van der Waals surface area contributed by atoms with Crippen molar-refractivity contribution >= 4 is 27.4 Å². The average Bonchev–Trinajstić information content (AvgIpc) is 2.98. The maximum atomic E-state index is 5.44. The molecule has 0 aromatic carbocycles. The Labute approximate surface area is 143 Å². The number of hydrogen-bond donors (Lipinski definition) is 0. The van der Waals surface area contributed by atoms with E-state index < -0.39 is 0 Å². The summed E-state index contributed by atoms with van der Waals surface area (Å²) in [5, 5.41) is 0. The molecule has 8 heteroatoms. The van der Waals surface area contributed by atoms with Crippen molar-refractivity contribution in [3.8, 4) is 0 Å². The highest BCUT2D eigenvalue weighted by Gasteiger charge is 2.19. The van der Waals surface area contributed by atoms with Crippen LogP contribution in [-0.4, -0.2) is 71.9 Å². The summed E-state index contributed by atoms with van der Waals surface area (Å²) in [5.41, 5.74) is 1.99. The predicted octanol–water partition coefficient (Wildman–Crippen LogP) is 1.16. The molecule has 0 radical (unpaired) electrons.